The molecule has 0 bridgehead atoms. The third kappa shape index (κ3) is 2.62. The molecule has 1 aromatic rings. The molecule has 1 saturated carbocycles. The van der Waals surface area contributed by atoms with E-state index in [0.29, 0.717) is 0 Å². The number of aromatic nitrogens is 2. The molecule has 1 heterocycles. The second-order valence-electron chi connectivity index (χ2n) is 4.75. The minimum Gasteiger partial charge on any atom is -0.392 e. The topological polar surface area (TPSA) is 50.1 Å². The summed E-state index contributed by atoms with van der Waals surface area (Å²) in [6.07, 6.45) is 6.26. The molecule has 90 valence electrons. The molecule has 2 atom stereocenters. The lowest BCUT2D eigenvalue weighted by Crippen LogP contribution is -2.41. The quantitative estimate of drug-likeness (QED) is 0.807. The molecule has 1 aliphatic carbocycles. The summed E-state index contributed by atoms with van der Waals surface area (Å²) in [5.74, 6) is 0. The number of aliphatic hydroxyl groups excluding tert-OH is 1. The highest BCUT2D eigenvalue weighted by Crippen LogP contribution is 2.18. The second-order valence-corrected chi connectivity index (χ2v) is 4.75. The van der Waals surface area contributed by atoms with E-state index in [2.05, 4.69) is 10.4 Å². The molecule has 0 spiro atoms. The number of nitrogens with one attached hydrogen (secondary N) is 1. The van der Waals surface area contributed by atoms with E-state index in [1.165, 1.54) is 12.0 Å². The van der Waals surface area contributed by atoms with Crippen LogP contribution in [0.15, 0.2) is 6.20 Å². The first-order chi connectivity index (χ1) is 7.66. The van der Waals surface area contributed by atoms with Gasteiger partial charge in [-0.3, -0.25) is 4.68 Å². The van der Waals surface area contributed by atoms with E-state index >= 15 is 0 Å². The Morgan fingerprint density at radius 1 is 1.50 bits per heavy atom. The van der Waals surface area contributed by atoms with Crippen LogP contribution in [0.4, 0.5) is 0 Å². The fourth-order valence-corrected chi connectivity index (χ4v) is 2.41. The molecular formula is C12H21N3O. The van der Waals surface area contributed by atoms with E-state index in [1.807, 2.05) is 24.9 Å². The predicted molar refractivity (Wildman–Crippen MR) is 63.0 cm³/mol. The minimum absolute atomic E-state index is 0.175. The van der Waals surface area contributed by atoms with Gasteiger partial charge in [-0.05, 0) is 19.8 Å². The fourth-order valence-electron chi connectivity index (χ4n) is 2.41. The first kappa shape index (κ1) is 11.6. The highest BCUT2D eigenvalue weighted by molar-refractivity contribution is 5.15. The predicted octanol–water partition coefficient (Wildman–Crippen LogP) is 1.12. The monoisotopic (exact) mass is 223 g/mol. The lowest BCUT2D eigenvalue weighted by atomic mass is 9.92. The van der Waals surface area contributed by atoms with Crippen molar-refractivity contribution in [2.75, 3.05) is 0 Å². The minimum atomic E-state index is -0.175. The zero-order valence-corrected chi connectivity index (χ0v) is 10.1. The molecule has 16 heavy (non-hydrogen) atoms. The van der Waals surface area contributed by atoms with Gasteiger partial charge in [-0.25, -0.2) is 0 Å². The Bertz CT molecular complexity index is 348. The van der Waals surface area contributed by atoms with Gasteiger partial charge in [0.25, 0.3) is 0 Å². The Kier molecular flexibility index (Phi) is 3.61. The number of aliphatic hydroxyl groups is 1. The van der Waals surface area contributed by atoms with Gasteiger partial charge in [0.1, 0.15) is 0 Å². The van der Waals surface area contributed by atoms with Crippen molar-refractivity contribution in [2.24, 2.45) is 7.05 Å². The van der Waals surface area contributed by atoms with Gasteiger partial charge in [0, 0.05) is 31.4 Å². The maximum absolute atomic E-state index is 9.84. The molecule has 0 amide bonds. The summed E-state index contributed by atoms with van der Waals surface area (Å²) in [4.78, 5) is 0. The van der Waals surface area contributed by atoms with Crippen LogP contribution in [-0.2, 0) is 13.6 Å². The van der Waals surface area contributed by atoms with Gasteiger partial charge >= 0.3 is 0 Å². The van der Waals surface area contributed by atoms with E-state index in [9.17, 15) is 5.11 Å². The van der Waals surface area contributed by atoms with E-state index in [1.54, 1.807) is 0 Å². The molecule has 4 nitrogen and oxygen atoms in total. The van der Waals surface area contributed by atoms with Gasteiger partial charge in [-0.1, -0.05) is 12.8 Å². The van der Waals surface area contributed by atoms with Crippen molar-refractivity contribution in [3.63, 3.8) is 0 Å². The third-order valence-corrected chi connectivity index (χ3v) is 3.40. The Labute approximate surface area is 96.7 Å². The molecule has 1 fully saturated rings. The standard InChI is InChI=1S/C12H21N3O/c1-9-10(8-15(2)14-9)7-13-11-5-3-4-6-12(11)16/h8,11-13,16H,3-7H2,1-2H3/t11-,12-/m1/s1. The highest BCUT2D eigenvalue weighted by Gasteiger charge is 2.22. The maximum atomic E-state index is 9.84. The second kappa shape index (κ2) is 4.97. The number of nitrogens with zero attached hydrogens (tertiary/aromatic N) is 2. The molecule has 0 unspecified atom stereocenters. The lowest BCUT2D eigenvalue weighted by molar-refractivity contribution is 0.0902. The van der Waals surface area contributed by atoms with Crippen LogP contribution in [0.25, 0.3) is 0 Å². The zero-order chi connectivity index (χ0) is 11.5. The van der Waals surface area contributed by atoms with E-state index in [0.717, 1.165) is 31.5 Å². The van der Waals surface area contributed by atoms with E-state index in [-0.39, 0.29) is 12.1 Å². The normalized spacial score (nSPS) is 25.9. The van der Waals surface area contributed by atoms with Gasteiger partial charge < -0.3 is 10.4 Å². The van der Waals surface area contributed by atoms with E-state index in [4.69, 9.17) is 0 Å². The largest absolute Gasteiger partial charge is 0.392 e. The molecule has 0 radical (unpaired) electrons. The maximum Gasteiger partial charge on any atom is 0.0693 e. The summed E-state index contributed by atoms with van der Waals surface area (Å²) in [7, 11) is 1.94. The van der Waals surface area contributed by atoms with Crippen LogP contribution in [0.1, 0.15) is 36.9 Å². The van der Waals surface area contributed by atoms with Crippen molar-refractivity contribution in [3.05, 3.63) is 17.5 Å². The summed E-state index contributed by atoms with van der Waals surface area (Å²) >= 11 is 0. The summed E-state index contributed by atoms with van der Waals surface area (Å²) in [6.45, 7) is 2.83. The molecule has 1 aromatic heterocycles. The van der Waals surface area contributed by atoms with Crippen molar-refractivity contribution >= 4 is 0 Å². The van der Waals surface area contributed by atoms with Crippen LogP contribution >= 0.6 is 0 Å². The Morgan fingerprint density at radius 2 is 2.25 bits per heavy atom. The number of rotatable bonds is 3. The van der Waals surface area contributed by atoms with Gasteiger partial charge in [-0.2, -0.15) is 5.10 Å². The lowest BCUT2D eigenvalue weighted by Gasteiger charge is -2.28. The SMILES string of the molecule is Cc1nn(C)cc1CN[C@@H]1CCCC[C@H]1O. The molecule has 1 aliphatic rings. The number of hydrogen-bond acceptors (Lipinski definition) is 3. The summed E-state index contributed by atoms with van der Waals surface area (Å²) < 4.78 is 1.84. The molecule has 4 heteroatoms. The molecule has 0 aliphatic heterocycles. The molecule has 0 aromatic carbocycles. The summed E-state index contributed by atoms with van der Waals surface area (Å²) in [5.41, 5.74) is 2.29. The van der Waals surface area contributed by atoms with Crippen molar-refractivity contribution in [1.29, 1.82) is 0 Å². The molecule has 0 saturated heterocycles. The van der Waals surface area contributed by atoms with Crippen molar-refractivity contribution in [2.45, 2.75) is 51.3 Å². The van der Waals surface area contributed by atoms with Crippen molar-refractivity contribution in [3.8, 4) is 0 Å². The highest BCUT2D eigenvalue weighted by atomic mass is 16.3. The van der Waals surface area contributed by atoms with Crippen molar-refractivity contribution in [1.82, 2.24) is 15.1 Å². The molecule has 2 N–H and O–H groups in total. The number of hydrogen-bond donors (Lipinski definition) is 2. The first-order valence-corrected chi connectivity index (χ1v) is 6.07. The van der Waals surface area contributed by atoms with E-state index < -0.39 is 0 Å². The first-order valence-electron chi connectivity index (χ1n) is 6.07. The molecular weight excluding hydrogens is 202 g/mol. The van der Waals surface area contributed by atoms with Crippen molar-refractivity contribution < 1.29 is 5.11 Å². The van der Waals surface area contributed by atoms with Crippen LogP contribution in [0.2, 0.25) is 0 Å². The van der Waals surface area contributed by atoms with Crippen LogP contribution in [0.5, 0.6) is 0 Å². The van der Waals surface area contributed by atoms with Gasteiger partial charge in [0.05, 0.1) is 11.8 Å². The Morgan fingerprint density at radius 3 is 2.88 bits per heavy atom. The van der Waals surface area contributed by atoms with Gasteiger partial charge in [0.15, 0.2) is 0 Å². The van der Waals surface area contributed by atoms with Crippen LogP contribution < -0.4 is 5.32 Å². The average molecular weight is 223 g/mol. The Balaban J connectivity index is 1.89. The van der Waals surface area contributed by atoms with Crippen LogP contribution in [0.3, 0.4) is 0 Å². The van der Waals surface area contributed by atoms with Crippen LogP contribution in [-0.4, -0.2) is 27.0 Å². The summed E-state index contributed by atoms with van der Waals surface area (Å²) in [5, 5.41) is 17.6. The van der Waals surface area contributed by atoms with Gasteiger partial charge in [0.2, 0.25) is 0 Å². The van der Waals surface area contributed by atoms with Gasteiger partial charge in [-0.15, -0.1) is 0 Å². The molecule has 2 rings (SSSR count). The fraction of sp³-hybridized carbons (Fsp3) is 0.750. The Hall–Kier alpha value is -0.870. The average Bonchev–Trinajstić information content (AvgIpc) is 2.56. The summed E-state index contributed by atoms with van der Waals surface area (Å²) in [6, 6.07) is 0.258. The third-order valence-electron chi connectivity index (χ3n) is 3.40. The van der Waals surface area contributed by atoms with Crippen LogP contribution in [0, 0.1) is 6.92 Å². The zero-order valence-electron chi connectivity index (χ0n) is 10.1. The number of aryl methyl sites for hydroxylation is 2. The smallest absolute Gasteiger partial charge is 0.0693 e.